The van der Waals surface area contributed by atoms with Crippen molar-refractivity contribution in [1.29, 1.82) is 0 Å². The van der Waals surface area contributed by atoms with Gasteiger partial charge in [-0.1, -0.05) is 6.92 Å². The summed E-state index contributed by atoms with van der Waals surface area (Å²) in [7, 11) is 0. The van der Waals surface area contributed by atoms with E-state index in [0.717, 1.165) is 25.1 Å². The van der Waals surface area contributed by atoms with Gasteiger partial charge in [0.05, 0.1) is 0 Å². The first kappa shape index (κ1) is 12.9. The number of aliphatic hydroxyl groups excluding tert-OH is 1. The topological polar surface area (TPSA) is 49.5 Å². The summed E-state index contributed by atoms with van der Waals surface area (Å²) in [4.78, 5) is 2.14. The Morgan fingerprint density at radius 2 is 2.12 bits per heavy atom. The molecule has 3 N–H and O–H groups in total. The maximum Gasteiger partial charge on any atom is 0.125 e. The second-order valence-corrected chi connectivity index (χ2v) is 3.84. The number of rotatable bonds is 6. The summed E-state index contributed by atoms with van der Waals surface area (Å²) in [6.07, 6.45) is 0.735. The van der Waals surface area contributed by atoms with Crippen molar-refractivity contribution < 1.29 is 9.50 Å². The molecule has 0 unspecified atom stereocenters. The van der Waals surface area contributed by atoms with Gasteiger partial charge < -0.3 is 10.8 Å². The van der Waals surface area contributed by atoms with Gasteiger partial charge in [0.1, 0.15) is 5.82 Å². The number of hydrogen-bond donors (Lipinski definition) is 2. The molecule has 1 aromatic carbocycles. The number of hydrogen-bond acceptors (Lipinski definition) is 3. The minimum atomic E-state index is -0.298. The van der Waals surface area contributed by atoms with Crippen LogP contribution in [0.1, 0.15) is 18.9 Å². The van der Waals surface area contributed by atoms with E-state index in [-0.39, 0.29) is 12.4 Å². The molecule has 3 nitrogen and oxygen atoms in total. The minimum Gasteiger partial charge on any atom is -0.399 e. The Labute approximate surface area is 95.7 Å². The standard InChI is InChI=1S/C12H19FN2O/c1-2-15(4-3-5-16)9-10-6-11(13)8-12(14)7-10/h6-8,16H,2-5,9,14H2,1H3. The summed E-state index contributed by atoms with van der Waals surface area (Å²) in [6.45, 7) is 4.57. The van der Waals surface area contributed by atoms with Gasteiger partial charge in [0, 0.05) is 25.4 Å². The van der Waals surface area contributed by atoms with Crippen LogP contribution >= 0.6 is 0 Å². The molecular weight excluding hydrogens is 207 g/mol. The molecule has 1 rings (SSSR count). The van der Waals surface area contributed by atoms with E-state index in [0.29, 0.717) is 12.2 Å². The molecule has 0 atom stereocenters. The first-order chi connectivity index (χ1) is 7.65. The molecule has 0 saturated heterocycles. The predicted octanol–water partition coefficient (Wildman–Crippen LogP) is 1.61. The third-order valence-electron chi connectivity index (χ3n) is 2.47. The van der Waals surface area contributed by atoms with E-state index in [1.165, 1.54) is 12.1 Å². The maximum atomic E-state index is 13.1. The van der Waals surface area contributed by atoms with Crippen LogP contribution in [0, 0.1) is 5.82 Å². The Kier molecular flexibility index (Phi) is 5.22. The van der Waals surface area contributed by atoms with Crippen LogP contribution in [0.2, 0.25) is 0 Å². The Bertz CT molecular complexity index is 311. The Morgan fingerprint density at radius 1 is 1.38 bits per heavy atom. The molecule has 0 amide bonds. The second kappa shape index (κ2) is 6.45. The molecule has 1 aromatic rings. The van der Waals surface area contributed by atoms with Gasteiger partial charge in [0.15, 0.2) is 0 Å². The van der Waals surface area contributed by atoms with E-state index in [2.05, 4.69) is 4.90 Å². The number of halogens is 1. The van der Waals surface area contributed by atoms with Crippen LogP contribution in [-0.2, 0) is 6.54 Å². The van der Waals surface area contributed by atoms with Crippen molar-refractivity contribution in [3.05, 3.63) is 29.6 Å². The third-order valence-corrected chi connectivity index (χ3v) is 2.47. The molecule has 0 saturated carbocycles. The highest BCUT2D eigenvalue weighted by Crippen LogP contribution is 2.13. The summed E-state index contributed by atoms with van der Waals surface area (Å²) < 4.78 is 13.1. The zero-order chi connectivity index (χ0) is 12.0. The molecular formula is C12H19FN2O. The number of anilines is 1. The van der Waals surface area contributed by atoms with Crippen molar-refractivity contribution >= 4 is 5.69 Å². The van der Waals surface area contributed by atoms with Gasteiger partial charge in [-0.3, -0.25) is 4.90 Å². The SMILES string of the molecule is CCN(CCCO)Cc1cc(N)cc(F)c1. The van der Waals surface area contributed by atoms with Crippen molar-refractivity contribution in [2.45, 2.75) is 19.9 Å². The highest BCUT2D eigenvalue weighted by molar-refractivity contribution is 5.41. The van der Waals surface area contributed by atoms with Crippen LogP contribution in [-0.4, -0.2) is 29.7 Å². The zero-order valence-electron chi connectivity index (χ0n) is 9.62. The largest absolute Gasteiger partial charge is 0.399 e. The summed E-state index contributed by atoms with van der Waals surface area (Å²) in [6, 6.07) is 4.59. The molecule has 4 heteroatoms. The second-order valence-electron chi connectivity index (χ2n) is 3.84. The maximum absolute atomic E-state index is 13.1. The summed E-state index contributed by atoms with van der Waals surface area (Å²) in [5.74, 6) is -0.298. The molecule has 0 bridgehead atoms. The number of nitrogens with zero attached hydrogens (tertiary/aromatic N) is 1. The van der Waals surface area contributed by atoms with Crippen LogP contribution in [0.15, 0.2) is 18.2 Å². The number of nitrogens with two attached hydrogens (primary N) is 1. The van der Waals surface area contributed by atoms with Gasteiger partial charge in [-0.25, -0.2) is 4.39 Å². The fourth-order valence-electron chi connectivity index (χ4n) is 1.67. The molecule has 0 spiro atoms. The smallest absolute Gasteiger partial charge is 0.125 e. The van der Waals surface area contributed by atoms with Gasteiger partial charge >= 0.3 is 0 Å². The van der Waals surface area contributed by atoms with Crippen molar-refractivity contribution in [3.8, 4) is 0 Å². The van der Waals surface area contributed by atoms with E-state index >= 15 is 0 Å². The Balaban J connectivity index is 2.62. The zero-order valence-corrected chi connectivity index (χ0v) is 9.62. The van der Waals surface area contributed by atoms with Gasteiger partial charge in [-0.15, -0.1) is 0 Å². The summed E-state index contributed by atoms with van der Waals surface area (Å²) in [5.41, 5.74) is 6.90. The molecule has 90 valence electrons. The lowest BCUT2D eigenvalue weighted by atomic mass is 10.2. The molecule has 0 aliphatic rings. The first-order valence-electron chi connectivity index (χ1n) is 5.54. The fourth-order valence-corrected chi connectivity index (χ4v) is 1.67. The van der Waals surface area contributed by atoms with Gasteiger partial charge in [-0.2, -0.15) is 0 Å². The fraction of sp³-hybridized carbons (Fsp3) is 0.500. The Hall–Kier alpha value is -1.13. The predicted molar refractivity (Wildman–Crippen MR) is 63.5 cm³/mol. The van der Waals surface area contributed by atoms with Gasteiger partial charge in [0.25, 0.3) is 0 Å². The van der Waals surface area contributed by atoms with Crippen molar-refractivity contribution in [2.24, 2.45) is 0 Å². The molecule has 16 heavy (non-hydrogen) atoms. The van der Waals surface area contributed by atoms with Crippen LogP contribution in [0.5, 0.6) is 0 Å². The van der Waals surface area contributed by atoms with E-state index in [1.54, 1.807) is 6.07 Å². The average molecular weight is 226 g/mol. The lowest BCUT2D eigenvalue weighted by Crippen LogP contribution is -2.24. The van der Waals surface area contributed by atoms with Crippen molar-refractivity contribution in [1.82, 2.24) is 4.90 Å². The molecule has 0 fully saturated rings. The Morgan fingerprint density at radius 3 is 2.69 bits per heavy atom. The molecule has 0 aliphatic heterocycles. The highest BCUT2D eigenvalue weighted by atomic mass is 19.1. The molecule has 0 radical (unpaired) electrons. The van der Waals surface area contributed by atoms with Crippen molar-refractivity contribution in [3.63, 3.8) is 0 Å². The van der Waals surface area contributed by atoms with Crippen molar-refractivity contribution in [2.75, 3.05) is 25.4 Å². The lowest BCUT2D eigenvalue weighted by Gasteiger charge is -2.20. The summed E-state index contributed by atoms with van der Waals surface area (Å²) in [5, 5.41) is 8.76. The van der Waals surface area contributed by atoms with Crippen LogP contribution in [0.25, 0.3) is 0 Å². The normalized spacial score (nSPS) is 11.0. The molecule has 0 aromatic heterocycles. The first-order valence-corrected chi connectivity index (χ1v) is 5.54. The molecule has 0 aliphatic carbocycles. The number of nitrogen functional groups attached to an aromatic ring is 1. The van der Waals surface area contributed by atoms with E-state index < -0.39 is 0 Å². The van der Waals surface area contributed by atoms with E-state index in [1.807, 2.05) is 6.92 Å². The molecule has 0 heterocycles. The van der Waals surface area contributed by atoms with Crippen LogP contribution in [0.3, 0.4) is 0 Å². The minimum absolute atomic E-state index is 0.182. The van der Waals surface area contributed by atoms with Crippen LogP contribution < -0.4 is 5.73 Å². The average Bonchev–Trinajstić information content (AvgIpc) is 2.22. The van der Waals surface area contributed by atoms with Crippen LogP contribution in [0.4, 0.5) is 10.1 Å². The van der Waals surface area contributed by atoms with E-state index in [9.17, 15) is 4.39 Å². The highest BCUT2D eigenvalue weighted by Gasteiger charge is 2.05. The number of benzene rings is 1. The van der Waals surface area contributed by atoms with E-state index in [4.69, 9.17) is 10.8 Å². The third kappa shape index (κ3) is 4.16. The summed E-state index contributed by atoms with van der Waals surface area (Å²) >= 11 is 0. The monoisotopic (exact) mass is 226 g/mol. The van der Waals surface area contributed by atoms with Gasteiger partial charge in [-0.05, 0) is 36.7 Å². The number of aliphatic hydroxyl groups is 1. The lowest BCUT2D eigenvalue weighted by molar-refractivity contribution is 0.225. The van der Waals surface area contributed by atoms with Gasteiger partial charge in [0.2, 0.25) is 0 Å². The quantitative estimate of drug-likeness (QED) is 0.725.